The molecule has 29 heavy (non-hydrogen) atoms. The summed E-state index contributed by atoms with van der Waals surface area (Å²) in [5.74, 6) is 1.58. The van der Waals surface area contributed by atoms with Crippen LogP contribution >= 0.6 is 0 Å². The van der Waals surface area contributed by atoms with Crippen molar-refractivity contribution in [3.05, 3.63) is 17.6 Å². The third-order valence-corrected chi connectivity index (χ3v) is 5.70. The maximum absolute atomic E-state index is 11.5. The molecule has 1 spiro atoms. The van der Waals surface area contributed by atoms with Gasteiger partial charge in [0.1, 0.15) is 17.9 Å². The summed E-state index contributed by atoms with van der Waals surface area (Å²) in [6, 6.07) is 1.88. The third-order valence-electron chi connectivity index (χ3n) is 5.70. The number of hydrogen-bond acceptors (Lipinski definition) is 6. The lowest BCUT2D eigenvalue weighted by molar-refractivity contribution is -0.108. The van der Waals surface area contributed by atoms with Crippen molar-refractivity contribution >= 4 is 12.1 Å². The fourth-order valence-electron chi connectivity index (χ4n) is 4.32. The number of carbonyl (C=O) groups is 1. The van der Waals surface area contributed by atoms with Crippen molar-refractivity contribution in [2.75, 3.05) is 25.2 Å². The molecule has 1 atom stereocenters. The Morgan fingerprint density at radius 2 is 1.97 bits per heavy atom. The molecule has 6 nitrogen and oxygen atoms in total. The van der Waals surface area contributed by atoms with E-state index >= 15 is 0 Å². The SMILES string of the molecule is CC.CCCCCOC.Cc1nc(CN)cc(N2CC3(CCCC3)CC2C=O)n1. The highest BCUT2D eigenvalue weighted by atomic mass is 16.5. The number of anilines is 1. The van der Waals surface area contributed by atoms with E-state index in [1.807, 2.05) is 26.8 Å². The van der Waals surface area contributed by atoms with Crippen LogP contribution in [-0.4, -0.2) is 42.6 Å². The van der Waals surface area contributed by atoms with E-state index in [-0.39, 0.29) is 6.04 Å². The van der Waals surface area contributed by atoms with E-state index in [9.17, 15) is 4.79 Å². The molecule has 0 aromatic carbocycles. The number of aldehydes is 1. The third kappa shape index (κ3) is 7.67. The molecule has 1 aliphatic heterocycles. The van der Waals surface area contributed by atoms with Gasteiger partial charge in [0.05, 0.1) is 11.7 Å². The van der Waals surface area contributed by atoms with Gasteiger partial charge < -0.3 is 20.2 Å². The summed E-state index contributed by atoms with van der Waals surface area (Å²) in [6.45, 7) is 10.3. The highest BCUT2D eigenvalue weighted by Gasteiger charge is 2.45. The molecule has 2 aliphatic rings. The van der Waals surface area contributed by atoms with Gasteiger partial charge in [-0.05, 0) is 38.0 Å². The van der Waals surface area contributed by atoms with E-state index in [1.54, 1.807) is 7.11 Å². The molecule has 3 rings (SSSR count). The van der Waals surface area contributed by atoms with Gasteiger partial charge in [-0.2, -0.15) is 0 Å². The zero-order chi connectivity index (χ0) is 21.7. The van der Waals surface area contributed by atoms with Crippen molar-refractivity contribution in [1.29, 1.82) is 0 Å². The Morgan fingerprint density at radius 3 is 2.52 bits per heavy atom. The highest BCUT2D eigenvalue weighted by molar-refractivity contribution is 5.66. The van der Waals surface area contributed by atoms with Crippen LogP contribution < -0.4 is 10.6 Å². The van der Waals surface area contributed by atoms with Crippen LogP contribution in [0.1, 0.15) is 83.7 Å². The van der Waals surface area contributed by atoms with Gasteiger partial charge in [-0.15, -0.1) is 0 Å². The average Bonchev–Trinajstić information content (AvgIpc) is 3.36. The quantitative estimate of drug-likeness (QED) is 0.533. The van der Waals surface area contributed by atoms with Crippen LogP contribution in [0.5, 0.6) is 0 Å². The van der Waals surface area contributed by atoms with Crippen molar-refractivity contribution in [3.63, 3.8) is 0 Å². The van der Waals surface area contributed by atoms with E-state index in [0.717, 1.165) is 43.2 Å². The Kier molecular flexibility index (Phi) is 12.0. The lowest BCUT2D eigenvalue weighted by Crippen LogP contribution is -2.32. The first-order valence-electron chi connectivity index (χ1n) is 11.3. The number of hydrogen-bond donors (Lipinski definition) is 1. The van der Waals surface area contributed by atoms with E-state index in [0.29, 0.717) is 12.0 Å². The fraction of sp³-hybridized carbons (Fsp3) is 0.783. The first kappa shape index (κ1) is 25.5. The summed E-state index contributed by atoms with van der Waals surface area (Å²) in [4.78, 5) is 22.4. The summed E-state index contributed by atoms with van der Waals surface area (Å²) < 4.78 is 4.84. The van der Waals surface area contributed by atoms with Crippen LogP contribution in [-0.2, 0) is 16.1 Å². The van der Waals surface area contributed by atoms with Crippen LogP contribution in [0.4, 0.5) is 5.82 Å². The van der Waals surface area contributed by atoms with Gasteiger partial charge in [0.2, 0.25) is 0 Å². The van der Waals surface area contributed by atoms with Crippen LogP contribution in [0.2, 0.25) is 0 Å². The topological polar surface area (TPSA) is 81.3 Å². The number of carbonyl (C=O) groups excluding carboxylic acids is 1. The van der Waals surface area contributed by atoms with Gasteiger partial charge in [0.15, 0.2) is 0 Å². The molecule has 0 radical (unpaired) electrons. The number of rotatable bonds is 7. The molecule has 1 saturated heterocycles. The van der Waals surface area contributed by atoms with Crippen LogP contribution in [0.3, 0.4) is 0 Å². The van der Waals surface area contributed by atoms with Crippen LogP contribution in [0.15, 0.2) is 6.07 Å². The predicted octanol–water partition coefficient (Wildman–Crippen LogP) is 4.43. The molecule has 6 heteroatoms. The standard InChI is InChI=1S/C15H22N4O.C6H14O.C2H6/c1-11-17-12(8-16)6-14(18-11)19-10-15(4-2-3-5-15)7-13(19)9-20;1-3-4-5-6-7-2;1-2/h6,9,13H,2-5,7-8,10,16H2,1H3;3-6H2,1-2H3;1-2H3. The predicted molar refractivity (Wildman–Crippen MR) is 120 cm³/mol. The summed E-state index contributed by atoms with van der Waals surface area (Å²) in [5.41, 5.74) is 6.85. The second kappa shape index (κ2) is 13.6. The maximum atomic E-state index is 11.5. The van der Waals surface area contributed by atoms with E-state index < -0.39 is 0 Å². The largest absolute Gasteiger partial charge is 0.385 e. The van der Waals surface area contributed by atoms with E-state index in [4.69, 9.17) is 10.5 Å². The van der Waals surface area contributed by atoms with Crippen molar-refractivity contribution in [3.8, 4) is 0 Å². The molecule has 2 heterocycles. The molecular formula is C23H42N4O2. The molecule has 1 unspecified atom stereocenters. The second-order valence-corrected chi connectivity index (χ2v) is 7.91. The number of ether oxygens (including phenoxy) is 1. The number of nitrogens with zero attached hydrogens (tertiary/aromatic N) is 3. The normalized spacial score (nSPS) is 19.4. The molecule has 166 valence electrons. The maximum Gasteiger partial charge on any atom is 0.142 e. The number of unbranched alkanes of at least 4 members (excludes halogenated alkanes) is 2. The zero-order valence-corrected chi connectivity index (χ0v) is 19.2. The smallest absolute Gasteiger partial charge is 0.142 e. The number of nitrogens with two attached hydrogens (primary N) is 1. The number of aromatic nitrogens is 2. The van der Waals surface area contributed by atoms with E-state index in [1.165, 1.54) is 44.9 Å². The van der Waals surface area contributed by atoms with Gasteiger partial charge in [-0.25, -0.2) is 9.97 Å². The first-order chi connectivity index (χ1) is 14.1. The Balaban J connectivity index is 0.000000399. The zero-order valence-electron chi connectivity index (χ0n) is 19.2. The van der Waals surface area contributed by atoms with Gasteiger partial charge in [-0.3, -0.25) is 0 Å². The van der Waals surface area contributed by atoms with Crippen molar-refractivity contribution in [2.24, 2.45) is 11.1 Å². The molecule has 0 bridgehead atoms. The second-order valence-electron chi connectivity index (χ2n) is 7.91. The van der Waals surface area contributed by atoms with Gasteiger partial charge in [0, 0.05) is 32.9 Å². The monoisotopic (exact) mass is 406 g/mol. The Bertz CT molecular complexity index is 584. The van der Waals surface area contributed by atoms with Crippen LogP contribution in [0.25, 0.3) is 0 Å². The lowest BCUT2D eigenvalue weighted by atomic mass is 9.84. The minimum Gasteiger partial charge on any atom is -0.385 e. The number of methoxy groups -OCH3 is 1. The fourth-order valence-corrected chi connectivity index (χ4v) is 4.32. The van der Waals surface area contributed by atoms with Crippen molar-refractivity contribution in [1.82, 2.24) is 9.97 Å². The van der Waals surface area contributed by atoms with Gasteiger partial charge >= 0.3 is 0 Å². The number of aryl methyl sites for hydroxylation is 1. The molecule has 1 aromatic rings. The van der Waals surface area contributed by atoms with E-state index in [2.05, 4.69) is 21.8 Å². The summed E-state index contributed by atoms with van der Waals surface area (Å²) >= 11 is 0. The Labute approximate surface area is 177 Å². The summed E-state index contributed by atoms with van der Waals surface area (Å²) in [5, 5.41) is 0. The van der Waals surface area contributed by atoms with Gasteiger partial charge in [-0.1, -0.05) is 46.5 Å². The summed E-state index contributed by atoms with van der Waals surface area (Å²) in [6.07, 6.45) is 10.9. The highest BCUT2D eigenvalue weighted by Crippen LogP contribution is 2.48. The van der Waals surface area contributed by atoms with Crippen molar-refractivity contribution in [2.45, 2.75) is 91.6 Å². The molecule has 0 amide bonds. The molecule has 2 N–H and O–H groups in total. The molecule has 1 aliphatic carbocycles. The molecular weight excluding hydrogens is 364 g/mol. The van der Waals surface area contributed by atoms with Crippen LogP contribution in [0, 0.1) is 12.3 Å². The minimum atomic E-state index is -0.0481. The Hall–Kier alpha value is -1.53. The first-order valence-corrected chi connectivity index (χ1v) is 11.3. The van der Waals surface area contributed by atoms with Gasteiger partial charge in [0.25, 0.3) is 0 Å². The average molecular weight is 407 g/mol. The molecule has 1 aromatic heterocycles. The Morgan fingerprint density at radius 1 is 1.28 bits per heavy atom. The molecule has 1 saturated carbocycles. The summed E-state index contributed by atoms with van der Waals surface area (Å²) in [7, 11) is 1.75. The lowest BCUT2D eigenvalue weighted by Gasteiger charge is -2.25. The van der Waals surface area contributed by atoms with Crippen molar-refractivity contribution < 1.29 is 9.53 Å². The minimum absolute atomic E-state index is 0.0481. The molecule has 2 fully saturated rings.